The number of benzene rings is 1. The van der Waals surface area contributed by atoms with Crippen LogP contribution < -0.4 is 5.32 Å². The zero-order valence-corrected chi connectivity index (χ0v) is 11.3. The lowest BCUT2D eigenvalue weighted by atomic mass is 10.1. The summed E-state index contributed by atoms with van der Waals surface area (Å²) in [6, 6.07) is 3.92. The molecule has 0 radical (unpaired) electrons. The molecule has 0 aliphatic rings. The van der Waals surface area contributed by atoms with Crippen LogP contribution in [-0.2, 0) is 6.54 Å². The molecule has 92 valence electrons. The second kappa shape index (κ2) is 5.11. The number of rotatable bonds is 4. The molecule has 0 bridgehead atoms. The molecule has 17 heavy (non-hydrogen) atoms. The van der Waals surface area contributed by atoms with Gasteiger partial charge in [-0.1, -0.05) is 31.5 Å². The van der Waals surface area contributed by atoms with E-state index >= 15 is 0 Å². The van der Waals surface area contributed by atoms with Gasteiger partial charge in [0.15, 0.2) is 5.58 Å². The number of aryl methyl sites for hydroxylation is 1. The molecule has 0 unspecified atom stereocenters. The summed E-state index contributed by atoms with van der Waals surface area (Å²) in [5.41, 5.74) is 3.19. The van der Waals surface area contributed by atoms with E-state index in [9.17, 15) is 0 Å². The molecule has 3 heteroatoms. The van der Waals surface area contributed by atoms with Gasteiger partial charge in [0, 0.05) is 17.5 Å². The Morgan fingerprint density at radius 1 is 1.35 bits per heavy atom. The Kier molecular flexibility index (Phi) is 3.75. The molecule has 0 aliphatic heterocycles. The minimum absolute atomic E-state index is 0.651. The molecule has 2 aromatic rings. The Labute approximate surface area is 107 Å². The van der Waals surface area contributed by atoms with Crippen molar-refractivity contribution in [2.45, 2.75) is 27.3 Å². The van der Waals surface area contributed by atoms with Crippen molar-refractivity contribution in [1.29, 1.82) is 0 Å². The molecule has 0 spiro atoms. The Morgan fingerprint density at radius 3 is 2.82 bits per heavy atom. The first-order valence-electron chi connectivity index (χ1n) is 5.95. The zero-order valence-electron chi connectivity index (χ0n) is 10.5. The van der Waals surface area contributed by atoms with Gasteiger partial charge in [-0.25, -0.2) is 0 Å². The smallest absolute Gasteiger partial charge is 0.153 e. The molecular weight excluding hydrogens is 234 g/mol. The van der Waals surface area contributed by atoms with Crippen molar-refractivity contribution in [1.82, 2.24) is 5.32 Å². The first-order chi connectivity index (χ1) is 8.09. The van der Waals surface area contributed by atoms with Gasteiger partial charge in [-0.05, 0) is 31.0 Å². The highest BCUT2D eigenvalue weighted by Gasteiger charge is 2.11. The highest BCUT2D eigenvalue weighted by Crippen LogP contribution is 2.30. The number of halogens is 1. The van der Waals surface area contributed by atoms with E-state index in [1.165, 1.54) is 11.1 Å². The molecule has 0 aliphatic carbocycles. The summed E-state index contributed by atoms with van der Waals surface area (Å²) in [7, 11) is 0. The molecule has 1 aromatic heterocycles. The van der Waals surface area contributed by atoms with E-state index in [0.29, 0.717) is 10.9 Å². The predicted octanol–water partition coefficient (Wildman–Crippen LogP) is 4.14. The van der Waals surface area contributed by atoms with Gasteiger partial charge in [0.25, 0.3) is 0 Å². The Hall–Kier alpha value is -0.990. The normalized spacial score (nSPS) is 11.6. The third-order valence-corrected chi connectivity index (χ3v) is 3.12. The molecule has 0 saturated carbocycles. The van der Waals surface area contributed by atoms with Gasteiger partial charge in [-0.3, -0.25) is 0 Å². The number of nitrogens with one attached hydrogen (secondary N) is 1. The van der Waals surface area contributed by atoms with E-state index in [-0.39, 0.29) is 0 Å². The third-order valence-electron chi connectivity index (χ3n) is 2.83. The Balaban J connectivity index is 2.26. The molecule has 0 atom stereocenters. The van der Waals surface area contributed by atoms with Gasteiger partial charge >= 0.3 is 0 Å². The zero-order chi connectivity index (χ0) is 12.4. The van der Waals surface area contributed by atoms with E-state index < -0.39 is 0 Å². The lowest BCUT2D eigenvalue weighted by Gasteiger charge is -2.06. The van der Waals surface area contributed by atoms with Gasteiger partial charge < -0.3 is 9.73 Å². The molecule has 2 rings (SSSR count). The van der Waals surface area contributed by atoms with E-state index in [2.05, 4.69) is 26.1 Å². The highest BCUT2D eigenvalue weighted by molar-refractivity contribution is 6.35. The molecule has 0 amide bonds. The quantitative estimate of drug-likeness (QED) is 0.884. The lowest BCUT2D eigenvalue weighted by molar-refractivity contribution is 0.547. The molecule has 1 N–H and O–H groups in total. The first-order valence-corrected chi connectivity index (χ1v) is 6.33. The number of furan rings is 1. The summed E-state index contributed by atoms with van der Waals surface area (Å²) < 4.78 is 5.55. The lowest BCUT2D eigenvalue weighted by Crippen LogP contribution is -2.18. The Morgan fingerprint density at radius 2 is 2.12 bits per heavy atom. The number of fused-ring (bicyclic) bond motifs is 1. The van der Waals surface area contributed by atoms with Gasteiger partial charge in [0.1, 0.15) is 0 Å². The number of hydrogen-bond donors (Lipinski definition) is 1. The fourth-order valence-electron chi connectivity index (χ4n) is 1.98. The fraction of sp³-hybridized carbons (Fsp3) is 0.429. The van der Waals surface area contributed by atoms with Crippen LogP contribution in [0.3, 0.4) is 0 Å². The average Bonchev–Trinajstić information content (AvgIpc) is 2.68. The van der Waals surface area contributed by atoms with Crippen molar-refractivity contribution in [3.63, 3.8) is 0 Å². The fourth-order valence-corrected chi connectivity index (χ4v) is 2.19. The summed E-state index contributed by atoms with van der Waals surface area (Å²) in [6.07, 6.45) is 1.80. The van der Waals surface area contributed by atoms with Crippen molar-refractivity contribution in [3.05, 3.63) is 34.5 Å². The average molecular weight is 252 g/mol. The first kappa shape index (κ1) is 12.5. The van der Waals surface area contributed by atoms with Crippen molar-refractivity contribution >= 4 is 22.6 Å². The van der Waals surface area contributed by atoms with Crippen LogP contribution in [0.15, 0.2) is 22.8 Å². The molecule has 0 fully saturated rings. The SMILES string of the molecule is Cc1ccc(Cl)c2occ(CNCC(C)C)c12. The summed E-state index contributed by atoms with van der Waals surface area (Å²) >= 11 is 6.11. The highest BCUT2D eigenvalue weighted by atomic mass is 35.5. The van der Waals surface area contributed by atoms with Crippen LogP contribution in [0, 0.1) is 12.8 Å². The monoisotopic (exact) mass is 251 g/mol. The topological polar surface area (TPSA) is 25.2 Å². The van der Waals surface area contributed by atoms with Crippen molar-refractivity contribution in [3.8, 4) is 0 Å². The van der Waals surface area contributed by atoms with Crippen molar-refractivity contribution in [2.24, 2.45) is 5.92 Å². The van der Waals surface area contributed by atoms with E-state index in [0.717, 1.165) is 24.1 Å². The van der Waals surface area contributed by atoms with Gasteiger partial charge in [0.05, 0.1) is 11.3 Å². The molecule has 0 saturated heterocycles. The molecule has 1 heterocycles. The van der Waals surface area contributed by atoms with Crippen LogP contribution in [0.25, 0.3) is 11.0 Å². The van der Waals surface area contributed by atoms with Crippen LogP contribution in [0.4, 0.5) is 0 Å². The van der Waals surface area contributed by atoms with Gasteiger partial charge in [-0.15, -0.1) is 0 Å². The summed E-state index contributed by atoms with van der Waals surface area (Å²) in [5, 5.41) is 5.25. The van der Waals surface area contributed by atoms with E-state index in [1.807, 2.05) is 12.1 Å². The van der Waals surface area contributed by atoms with Crippen molar-refractivity contribution in [2.75, 3.05) is 6.54 Å². The molecule has 1 aromatic carbocycles. The maximum absolute atomic E-state index is 6.11. The number of hydrogen-bond acceptors (Lipinski definition) is 2. The summed E-state index contributed by atoms with van der Waals surface area (Å²) in [4.78, 5) is 0. The van der Waals surface area contributed by atoms with E-state index in [1.54, 1.807) is 6.26 Å². The molecule has 2 nitrogen and oxygen atoms in total. The predicted molar refractivity (Wildman–Crippen MR) is 72.5 cm³/mol. The van der Waals surface area contributed by atoms with Crippen LogP contribution >= 0.6 is 11.6 Å². The van der Waals surface area contributed by atoms with Crippen molar-refractivity contribution < 1.29 is 4.42 Å². The largest absolute Gasteiger partial charge is 0.462 e. The third kappa shape index (κ3) is 2.64. The van der Waals surface area contributed by atoms with Crippen LogP contribution in [-0.4, -0.2) is 6.54 Å². The van der Waals surface area contributed by atoms with Crippen LogP contribution in [0.2, 0.25) is 5.02 Å². The van der Waals surface area contributed by atoms with Crippen LogP contribution in [0.1, 0.15) is 25.0 Å². The second-order valence-electron chi connectivity index (χ2n) is 4.85. The second-order valence-corrected chi connectivity index (χ2v) is 5.26. The van der Waals surface area contributed by atoms with Gasteiger partial charge in [-0.2, -0.15) is 0 Å². The minimum Gasteiger partial charge on any atom is -0.462 e. The standard InChI is InChI=1S/C14H18ClNO/c1-9(2)6-16-7-11-8-17-14-12(15)5-4-10(3)13(11)14/h4-5,8-9,16H,6-7H2,1-3H3. The maximum atomic E-state index is 6.11. The minimum atomic E-state index is 0.651. The van der Waals surface area contributed by atoms with E-state index in [4.69, 9.17) is 16.0 Å². The maximum Gasteiger partial charge on any atom is 0.153 e. The Bertz CT molecular complexity index is 516. The molecular formula is C14H18ClNO. The van der Waals surface area contributed by atoms with Crippen LogP contribution in [0.5, 0.6) is 0 Å². The summed E-state index contributed by atoms with van der Waals surface area (Å²) in [6.45, 7) is 8.31. The summed E-state index contributed by atoms with van der Waals surface area (Å²) in [5.74, 6) is 0.651. The van der Waals surface area contributed by atoms with Gasteiger partial charge in [0.2, 0.25) is 0 Å².